The van der Waals surface area contributed by atoms with Crippen LogP contribution in [0.25, 0.3) is 0 Å². The fourth-order valence-corrected chi connectivity index (χ4v) is 2.26. The molecule has 1 saturated heterocycles. The number of amidine groups is 1. The number of hydrogen-bond donors (Lipinski definition) is 1. The largest absolute Gasteiger partial charge is 0.360 e. The summed E-state index contributed by atoms with van der Waals surface area (Å²) < 4.78 is 0. The van der Waals surface area contributed by atoms with Gasteiger partial charge in [0.15, 0.2) is 0 Å². The predicted octanol–water partition coefficient (Wildman–Crippen LogP) is 2.89. The van der Waals surface area contributed by atoms with Crippen LogP contribution in [0.5, 0.6) is 0 Å². The third-order valence-electron chi connectivity index (χ3n) is 4.13. The normalized spacial score (nSPS) is 26.3. The highest BCUT2D eigenvalue weighted by Gasteiger charge is 2.34. The van der Waals surface area contributed by atoms with Crippen molar-refractivity contribution in [3.05, 3.63) is 0 Å². The molecule has 1 aliphatic carbocycles. The first-order valence-corrected chi connectivity index (χ1v) is 5.98. The Bertz CT molecular complexity index is 222. The molecule has 2 rings (SSSR count). The van der Waals surface area contributed by atoms with Crippen LogP contribution < -0.4 is 0 Å². The standard InChI is InChI=1S/C12H22N2/c1-3-12(2)6-8-14(9-7-12)11(13)10-4-5-10/h10,13H,3-9H2,1-2H3. The molecule has 0 atom stereocenters. The van der Waals surface area contributed by atoms with Crippen LogP contribution in [0.15, 0.2) is 0 Å². The molecule has 1 N–H and O–H groups in total. The van der Waals surface area contributed by atoms with E-state index in [-0.39, 0.29) is 0 Å². The molecule has 1 heterocycles. The van der Waals surface area contributed by atoms with Gasteiger partial charge in [0.1, 0.15) is 0 Å². The second-order valence-corrected chi connectivity index (χ2v) is 5.31. The third-order valence-corrected chi connectivity index (χ3v) is 4.13. The lowest BCUT2D eigenvalue weighted by Crippen LogP contribution is -2.42. The zero-order chi connectivity index (χ0) is 10.2. The second-order valence-electron chi connectivity index (χ2n) is 5.31. The molecule has 0 aromatic carbocycles. The fourth-order valence-electron chi connectivity index (χ4n) is 2.26. The van der Waals surface area contributed by atoms with E-state index in [0.717, 1.165) is 18.9 Å². The number of rotatable bonds is 2. The summed E-state index contributed by atoms with van der Waals surface area (Å²) in [7, 11) is 0. The summed E-state index contributed by atoms with van der Waals surface area (Å²) in [6.07, 6.45) is 6.37. The van der Waals surface area contributed by atoms with Crippen molar-refractivity contribution in [3.63, 3.8) is 0 Å². The maximum Gasteiger partial charge on any atom is 0.0989 e. The molecular weight excluding hydrogens is 172 g/mol. The van der Waals surface area contributed by atoms with E-state index < -0.39 is 0 Å². The van der Waals surface area contributed by atoms with Crippen molar-refractivity contribution in [2.45, 2.75) is 46.0 Å². The van der Waals surface area contributed by atoms with Gasteiger partial charge in [-0.15, -0.1) is 0 Å². The van der Waals surface area contributed by atoms with Crippen LogP contribution in [-0.2, 0) is 0 Å². The Morgan fingerprint density at radius 3 is 2.36 bits per heavy atom. The Morgan fingerprint density at radius 2 is 1.93 bits per heavy atom. The minimum atomic E-state index is 0.556. The van der Waals surface area contributed by atoms with E-state index in [0.29, 0.717) is 11.3 Å². The lowest BCUT2D eigenvalue weighted by molar-refractivity contribution is 0.160. The first-order chi connectivity index (χ1) is 6.64. The molecule has 14 heavy (non-hydrogen) atoms. The van der Waals surface area contributed by atoms with Gasteiger partial charge in [0.2, 0.25) is 0 Å². The average Bonchev–Trinajstić information content (AvgIpc) is 3.01. The average molecular weight is 194 g/mol. The van der Waals surface area contributed by atoms with E-state index in [1.54, 1.807) is 0 Å². The highest BCUT2D eigenvalue weighted by Crippen LogP contribution is 2.37. The van der Waals surface area contributed by atoms with Crippen molar-refractivity contribution in [1.82, 2.24) is 4.90 Å². The Hall–Kier alpha value is -0.530. The molecule has 0 spiro atoms. The minimum Gasteiger partial charge on any atom is -0.360 e. The van der Waals surface area contributed by atoms with Crippen LogP contribution in [0.1, 0.15) is 46.0 Å². The second kappa shape index (κ2) is 3.56. The summed E-state index contributed by atoms with van der Waals surface area (Å²) in [4.78, 5) is 2.31. The van der Waals surface area contributed by atoms with Gasteiger partial charge in [-0.2, -0.15) is 0 Å². The molecule has 2 aliphatic rings. The van der Waals surface area contributed by atoms with Crippen molar-refractivity contribution in [2.24, 2.45) is 11.3 Å². The molecule has 1 aliphatic heterocycles. The summed E-state index contributed by atoms with van der Waals surface area (Å²) in [5, 5.41) is 8.01. The fraction of sp³-hybridized carbons (Fsp3) is 0.917. The molecule has 2 fully saturated rings. The maximum atomic E-state index is 8.01. The number of likely N-dealkylation sites (tertiary alicyclic amines) is 1. The van der Waals surface area contributed by atoms with E-state index in [1.807, 2.05) is 0 Å². The lowest BCUT2D eigenvalue weighted by Gasteiger charge is -2.40. The molecule has 0 aromatic heterocycles. The first kappa shape index (κ1) is 10.0. The van der Waals surface area contributed by atoms with Gasteiger partial charge in [0.05, 0.1) is 5.84 Å². The molecule has 80 valence electrons. The van der Waals surface area contributed by atoms with E-state index in [9.17, 15) is 0 Å². The van der Waals surface area contributed by atoms with Crippen molar-refractivity contribution in [2.75, 3.05) is 13.1 Å². The Balaban J connectivity index is 1.86. The van der Waals surface area contributed by atoms with Crippen molar-refractivity contribution >= 4 is 5.84 Å². The van der Waals surface area contributed by atoms with Crippen molar-refractivity contribution in [3.8, 4) is 0 Å². The predicted molar refractivity (Wildman–Crippen MR) is 59.7 cm³/mol. The Labute approximate surface area is 87.2 Å². The molecule has 0 amide bonds. The molecule has 0 aromatic rings. The molecule has 2 nitrogen and oxygen atoms in total. The molecular formula is C12H22N2. The highest BCUT2D eigenvalue weighted by atomic mass is 15.2. The van der Waals surface area contributed by atoms with Gasteiger partial charge in [0.25, 0.3) is 0 Å². The summed E-state index contributed by atoms with van der Waals surface area (Å²) in [5.41, 5.74) is 0.556. The summed E-state index contributed by atoms with van der Waals surface area (Å²) in [5.74, 6) is 1.56. The topological polar surface area (TPSA) is 27.1 Å². The molecule has 0 bridgehead atoms. The van der Waals surface area contributed by atoms with Crippen molar-refractivity contribution in [1.29, 1.82) is 5.41 Å². The maximum absolute atomic E-state index is 8.01. The van der Waals surface area contributed by atoms with Gasteiger partial charge >= 0.3 is 0 Å². The van der Waals surface area contributed by atoms with Gasteiger partial charge in [-0.3, -0.25) is 5.41 Å². The van der Waals surface area contributed by atoms with Crippen LogP contribution >= 0.6 is 0 Å². The zero-order valence-electron chi connectivity index (χ0n) is 9.47. The molecule has 0 radical (unpaired) electrons. The molecule has 0 unspecified atom stereocenters. The number of hydrogen-bond acceptors (Lipinski definition) is 1. The van der Waals surface area contributed by atoms with Gasteiger partial charge in [-0.25, -0.2) is 0 Å². The monoisotopic (exact) mass is 194 g/mol. The van der Waals surface area contributed by atoms with Gasteiger partial charge in [0, 0.05) is 19.0 Å². The minimum absolute atomic E-state index is 0.556. The van der Waals surface area contributed by atoms with E-state index in [2.05, 4.69) is 18.7 Å². The highest BCUT2D eigenvalue weighted by molar-refractivity contribution is 5.83. The lowest BCUT2D eigenvalue weighted by atomic mass is 9.78. The van der Waals surface area contributed by atoms with E-state index >= 15 is 0 Å². The third kappa shape index (κ3) is 1.94. The van der Waals surface area contributed by atoms with E-state index in [4.69, 9.17) is 5.41 Å². The van der Waals surface area contributed by atoms with Crippen molar-refractivity contribution < 1.29 is 0 Å². The number of nitrogens with one attached hydrogen (secondary N) is 1. The van der Waals surface area contributed by atoms with Crippen LogP contribution in [0.4, 0.5) is 0 Å². The smallest absolute Gasteiger partial charge is 0.0989 e. The van der Waals surface area contributed by atoms with Crippen LogP contribution in [0, 0.1) is 16.7 Å². The van der Waals surface area contributed by atoms with E-state index in [1.165, 1.54) is 32.1 Å². The summed E-state index contributed by atoms with van der Waals surface area (Å²) >= 11 is 0. The Kier molecular flexibility index (Phi) is 2.54. The SMILES string of the molecule is CCC1(C)CCN(C(=N)C2CC2)CC1. The van der Waals surface area contributed by atoms with Crippen LogP contribution in [0.2, 0.25) is 0 Å². The van der Waals surface area contributed by atoms with Gasteiger partial charge < -0.3 is 4.90 Å². The van der Waals surface area contributed by atoms with Crippen LogP contribution in [-0.4, -0.2) is 23.8 Å². The number of piperidine rings is 1. The quantitative estimate of drug-likeness (QED) is 0.531. The first-order valence-electron chi connectivity index (χ1n) is 5.98. The molecule has 2 heteroatoms. The summed E-state index contributed by atoms with van der Waals surface area (Å²) in [6, 6.07) is 0. The Morgan fingerprint density at radius 1 is 1.36 bits per heavy atom. The molecule has 1 saturated carbocycles. The summed E-state index contributed by atoms with van der Waals surface area (Å²) in [6.45, 7) is 6.94. The number of nitrogens with zero attached hydrogens (tertiary/aromatic N) is 1. The van der Waals surface area contributed by atoms with Gasteiger partial charge in [-0.05, 0) is 31.1 Å². The van der Waals surface area contributed by atoms with Gasteiger partial charge in [-0.1, -0.05) is 20.3 Å². The zero-order valence-corrected chi connectivity index (χ0v) is 9.47. The van der Waals surface area contributed by atoms with Crippen LogP contribution in [0.3, 0.4) is 0 Å².